The summed E-state index contributed by atoms with van der Waals surface area (Å²) in [6.45, 7) is 9.50. The van der Waals surface area contributed by atoms with Gasteiger partial charge in [-0.25, -0.2) is 0 Å². The number of carbonyl (C=O) groups is 5. The molecule has 3 aromatic carbocycles. The van der Waals surface area contributed by atoms with Crippen LogP contribution in [0.2, 0.25) is 0 Å². The van der Waals surface area contributed by atoms with Gasteiger partial charge in [0.2, 0.25) is 11.8 Å². The van der Waals surface area contributed by atoms with Crippen LogP contribution >= 0.6 is 0 Å². The summed E-state index contributed by atoms with van der Waals surface area (Å²) in [4.78, 5) is 71.6. The molecule has 3 saturated heterocycles. The highest BCUT2D eigenvalue weighted by Gasteiger charge is 2.49. The number of anilines is 1. The van der Waals surface area contributed by atoms with E-state index in [1.807, 2.05) is 54.3 Å². The van der Waals surface area contributed by atoms with Crippen LogP contribution in [-0.4, -0.2) is 87.6 Å². The Bertz CT molecular complexity index is 2030. The quantitative estimate of drug-likeness (QED) is 0.379. The van der Waals surface area contributed by atoms with E-state index in [0.717, 1.165) is 52.4 Å². The molecule has 5 heterocycles. The molecule has 5 aliphatic heterocycles. The highest BCUT2D eigenvalue weighted by atomic mass is 16.5. The van der Waals surface area contributed by atoms with Crippen LogP contribution in [-0.2, 0) is 22.7 Å². The van der Waals surface area contributed by atoms with Crippen LogP contribution in [0.25, 0.3) is 0 Å². The normalized spacial score (nSPS) is 22.8. The second kappa shape index (κ2) is 12.6. The summed E-state index contributed by atoms with van der Waals surface area (Å²) >= 11 is 0. The summed E-state index contributed by atoms with van der Waals surface area (Å²) in [5, 5.41) is 11.5. The Hall–Kier alpha value is -5.54. The third kappa shape index (κ3) is 5.60. The van der Waals surface area contributed by atoms with Gasteiger partial charge in [-0.1, -0.05) is 0 Å². The number of nitrogens with one attached hydrogen (secondary N) is 1. The number of rotatable bonds is 6. The molecule has 1 N–H and O–H groups in total. The van der Waals surface area contributed by atoms with E-state index in [-0.39, 0.29) is 36.4 Å². The minimum absolute atomic E-state index is 0.00457. The van der Waals surface area contributed by atoms with Crippen LogP contribution in [0.5, 0.6) is 5.75 Å². The van der Waals surface area contributed by atoms with Crippen LogP contribution in [0.4, 0.5) is 5.69 Å². The molecule has 12 heteroatoms. The fourth-order valence-corrected chi connectivity index (χ4v) is 8.36. The van der Waals surface area contributed by atoms with E-state index in [1.54, 1.807) is 12.1 Å². The molecule has 52 heavy (non-hydrogen) atoms. The van der Waals surface area contributed by atoms with E-state index in [2.05, 4.69) is 35.0 Å². The molecule has 5 aliphatic rings. The van der Waals surface area contributed by atoms with Crippen molar-refractivity contribution in [1.29, 1.82) is 5.26 Å². The lowest BCUT2D eigenvalue weighted by Gasteiger charge is -2.55. The van der Waals surface area contributed by atoms with Gasteiger partial charge in [-0.05, 0) is 111 Å². The molecule has 1 unspecified atom stereocenters. The molecule has 3 aromatic rings. The standard InChI is InChI=1S/C40H40N6O6/c1-23-16-29(7-4-25(23)19-41)45-22-34(40(45,2)3)52-30-8-5-24(6-9-30)37(49)43-14-12-28(13-15-43)44-20-26-17-31-32(18-27(26)21-44)39(51)46(38(31)50)33-10-11-35(47)42-36(33)48/h4-9,16-18,28,33-34H,10-15,20-22H2,1-3H3,(H,42,47,48)/t33?,34-/m0/s1. The van der Waals surface area contributed by atoms with Crippen molar-refractivity contribution in [2.45, 2.75) is 83.3 Å². The van der Waals surface area contributed by atoms with Gasteiger partial charge >= 0.3 is 0 Å². The topological polar surface area (TPSA) is 143 Å². The van der Waals surface area contributed by atoms with Gasteiger partial charge in [-0.15, -0.1) is 0 Å². The van der Waals surface area contributed by atoms with Gasteiger partial charge in [0.05, 0.1) is 34.8 Å². The maximum Gasteiger partial charge on any atom is 0.262 e. The number of nitrogens with zero attached hydrogens (tertiary/aromatic N) is 5. The molecule has 0 saturated carbocycles. The monoisotopic (exact) mass is 700 g/mol. The Kier molecular flexibility index (Phi) is 8.14. The van der Waals surface area contributed by atoms with Crippen molar-refractivity contribution >= 4 is 35.2 Å². The smallest absolute Gasteiger partial charge is 0.262 e. The first-order valence-electron chi connectivity index (χ1n) is 17.9. The van der Waals surface area contributed by atoms with Crippen molar-refractivity contribution in [1.82, 2.24) is 20.0 Å². The predicted octanol–water partition coefficient (Wildman–Crippen LogP) is 3.93. The lowest BCUT2D eigenvalue weighted by Crippen LogP contribution is -2.70. The number of aryl methyl sites for hydroxylation is 1. The zero-order valence-electron chi connectivity index (χ0n) is 29.5. The summed E-state index contributed by atoms with van der Waals surface area (Å²) in [6, 6.07) is 18.4. The predicted molar refractivity (Wildman–Crippen MR) is 189 cm³/mol. The number of nitriles is 1. The van der Waals surface area contributed by atoms with Crippen molar-refractivity contribution in [3.8, 4) is 11.8 Å². The van der Waals surface area contributed by atoms with Crippen LogP contribution in [0.3, 0.4) is 0 Å². The molecule has 0 radical (unpaired) electrons. The van der Waals surface area contributed by atoms with Gasteiger partial charge in [0, 0.05) is 49.9 Å². The zero-order chi connectivity index (χ0) is 36.5. The zero-order valence-corrected chi connectivity index (χ0v) is 29.5. The summed E-state index contributed by atoms with van der Waals surface area (Å²) in [5.74, 6) is -1.28. The van der Waals surface area contributed by atoms with Gasteiger partial charge in [0.15, 0.2) is 0 Å². The van der Waals surface area contributed by atoms with Crippen molar-refractivity contribution in [3.05, 3.63) is 93.5 Å². The maximum atomic E-state index is 13.5. The number of likely N-dealkylation sites (tertiary alicyclic amines) is 1. The molecule has 3 fully saturated rings. The molecule has 0 aliphatic carbocycles. The SMILES string of the molecule is Cc1cc(N2C[C@H](Oc3ccc(C(=O)N4CCC(N5Cc6cc7c(cc6C5)C(=O)N(C5CCC(=O)NC5=O)C7=O)CC4)cc3)C2(C)C)ccc1C#N. The Balaban J connectivity index is 0.841. The van der Waals surface area contributed by atoms with Crippen molar-refractivity contribution in [3.63, 3.8) is 0 Å². The van der Waals surface area contributed by atoms with Gasteiger partial charge in [0.25, 0.3) is 17.7 Å². The van der Waals surface area contributed by atoms with E-state index < -0.39 is 29.7 Å². The molecule has 0 bridgehead atoms. The molecule has 12 nitrogen and oxygen atoms in total. The number of fused-ring (bicyclic) bond motifs is 2. The second-order valence-corrected chi connectivity index (χ2v) is 15.0. The van der Waals surface area contributed by atoms with Gasteiger partial charge < -0.3 is 14.5 Å². The van der Waals surface area contributed by atoms with Crippen molar-refractivity contribution < 1.29 is 28.7 Å². The Morgan fingerprint density at radius 3 is 2.13 bits per heavy atom. The summed E-state index contributed by atoms with van der Waals surface area (Å²) in [6.07, 6.45) is 1.81. The number of imide groups is 2. The number of benzene rings is 3. The summed E-state index contributed by atoms with van der Waals surface area (Å²) in [5.41, 5.74) is 5.68. The molecule has 5 amide bonds. The largest absolute Gasteiger partial charge is 0.486 e. The van der Waals surface area contributed by atoms with Gasteiger partial charge in [-0.3, -0.25) is 39.1 Å². The first kappa shape index (κ1) is 33.6. The highest BCUT2D eigenvalue weighted by Crippen LogP contribution is 2.39. The molecule has 266 valence electrons. The van der Waals surface area contributed by atoms with Crippen LogP contribution in [0.15, 0.2) is 54.6 Å². The van der Waals surface area contributed by atoms with E-state index in [1.165, 1.54) is 0 Å². The number of piperidine rings is 2. The van der Waals surface area contributed by atoms with Crippen molar-refractivity contribution in [2.24, 2.45) is 0 Å². The Morgan fingerprint density at radius 2 is 1.56 bits per heavy atom. The van der Waals surface area contributed by atoms with Gasteiger partial charge in [0.1, 0.15) is 17.9 Å². The Morgan fingerprint density at radius 1 is 0.904 bits per heavy atom. The summed E-state index contributed by atoms with van der Waals surface area (Å²) in [7, 11) is 0. The van der Waals surface area contributed by atoms with Crippen molar-refractivity contribution in [2.75, 3.05) is 24.5 Å². The van der Waals surface area contributed by atoms with Crippen LogP contribution < -0.4 is 15.0 Å². The minimum Gasteiger partial charge on any atom is -0.486 e. The molecule has 8 rings (SSSR count). The fourth-order valence-electron chi connectivity index (χ4n) is 8.36. The number of amides is 5. The third-order valence-corrected chi connectivity index (χ3v) is 11.6. The third-order valence-electron chi connectivity index (χ3n) is 11.6. The maximum absolute atomic E-state index is 13.5. The lowest BCUT2D eigenvalue weighted by molar-refractivity contribution is -0.136. The van der Waals surface area contributed by atoms with E-state index in [0.29, 0.717) is 48.4 Å². The fraction of sp³-hybridized carbons (Fsp3) is 0.400. The number of hydrogen-bond donors (Lipinski definition) is 1. The number of carbonyl (C=O) groups excluding carboxylic acids is 5. The number of hydrogen-bond acceptors (Lipinski definition) is 9. The minimum atomic E-state index is -0.978. The average Bonchev–Trinajstić information content (AvgIpc) is 3.66. The molecular formula is C40H40N6O6. The molecule has 0 spiro atoms. The van der Waals surface area contributed by atoms with E-state index in [4.69, 9.17) is 4.74 Å². The van der Waals surface area contributed by atoms with E-state index >= 15 is 0 Å². The van der Waals surface area contributed by atoms with Crippen LogP contribution in [0, 0.1) is 18.3 Å². The first-order chi connectivity index (χ1) is 24.9. The molecule has 2 atom stereocenters. The average molecular weight is 701 g/mol. The van der Waals surface area contributed by atoms with E-state index in [9.17, 15) is 29.2 Å². The lowest BCUT2D eigenvalue weighted by atomic mass is 9.84. The Labute approximate surface area is 301 Å². The molecule has 0 aromatic heterocycles. The first-order valence-corrected chi connectivity index (χ1v) is 17.9. The van der Waals surface area contributed by atoms with Gasteiger partial charge in [-0.2, -0.15) is 5.26 Å². The number of ether oxygens (including phenoxy) is 1. The summed E-state index contributed by atoms with van der Waals surface area (Å²) < 4.78 is 6.36. The van der Waals surface area contributed by atoms with Crippen LogP contribution in [0.1, 0.15) is 92.9 Å². The molecular weight excluding hydrogens is 660 g/mol. The highest BCUT2D eigenvalue weighted by molar-refractivity contribution is 6.23. The second-order valence-electron chi connectivity index (χ2n) is 15.0.